The highest BCUT2D eigenvalue weighted by Crippen LogP contribution is 2.32. The van der Waals surface area contributed by atoms with Gasteiger partial charge in [0, 0.05) is 6.54 Å². The molecular formula is C17H17BrN4O2. The summed E-state index contributed by atoms with van der Waals surface area (Å²) in [6.45, 7) is 0.707. The Hall–Kier alpha value is -2.54. The molecular weight excluding hydrogens is 372 g/mol. The second kappa shape index (κ2) is 7.35. The predicted octanol–water partition coefficient (Wildman–Crippen LogP) is 3.74. The van der Waals surface area contributed by atoms with E-state index in [2.05, 4.69) is 31.2 Å². The Kier molecular flexibility index (Phi) is 5.00. The standard InChI is InChI=1S/C17H17BrN4O2/c1-23-12-6-4-11(5-7-12)8-9-20-16-14(18)15(21-17(19)22-16)13-3-2-10-24-13/h2-7,10H,8-9H2,1H3,(H3,19,20,21,22). The number of nitrogen functional groups attached to an aromatic ring is 1. The number of hydrogen-bond donors (Lipinski definition) is 2. The summed E-state index contributed by atoms with van der Waals surface area (Å²) in [4.78, 5) is 8.48. The maximum Gasteiger partial charge on any atom is 0.222 e. The van der Waals surface area contributed by atoms with Gasteiger partial charge in [-0.25, -0.2) is 4.98 Å². The van der Waals surface area contributed by atoms with Crippen LogP contribution in [0.3, 0.4) is 0 Å². The second-order valence-corrected chi connectivity index (χ2v) is 5.89. The van der Waals surface area contributed by atoms with Crippen molar-refractivity contribution in [3.8, 4) is 17.2 Å². The minimum Gasteiger partial charge on any atom is -0.497 e. The van der Waals surface area contributed by atoms with Gasteiger partial charge in [0.1, 0.15) is 17.3 Å². The fraction of sp³-hybridized carbons (Fsp3) is 0.176. The van der Waals surface area contributed by atoms with Crippen molar-refractivity contribution < 1.29 is 9.15 Å². The van der Waals surface area contributed by atoms with Crippen LogP contribution in [0.15, 0.2) is 51.6 Å². The summed E-state index contributed by atoms with van der Waals surface area (Å²) in [7, 11) is 1.66. The number of ether oxygens (including phenoxy) is 1. The number of nitrogens with two attached hydrogens (primary N) is 1. The number of methoxy groups -OCH3 is 1. The molecule has 2 aromatic heterocycles. The van der Waals surface area contributed by atoms with E-state index >= 15 is 0 Å². The van der Waals surface area contributed by atoms with E-state index in [4.69, 9.17) is 14.9 Å². The largest absolute Gasteiger partial charge is 0.497 e. The Balaban J connectivity index is 1.70. The summed E-state index contributed by atoms with van der Waals surface area (Å²) in [5, 5.41) is 3.28. The molecule has 0 bridgehead atoms. The molecule has 1 aromatic carbocycles. The lowest BCUT2D eigenvalue weighted by molar-refractivity contribution is 0.414. The average molecular weight is 389 g/mol. The third kappa shape index (κ3) is 3.68. The van der Waals surface area contributed by atoms with Crippen molar-refractivity contribution >= 4 is 27.7 Å². The number of halogens is 1. The minimum atomic E-state index is 0.191. The summed E-state index contributed by atoms with van der Waals surface area (Å²) in [6.07, 6.45) is 2.44. The molecule has 24 heavy (non-hydrogen) atoms. The molecule has 3 N–H and O–H groups in total. The first-order valence-corrected chi connectivity index (χ1v) is 8.20. The van der Waals surface area contributed by atoms with Gasteiger partial charge in [-0.3, -0.25) is 0 Å². The number of aromatic nitrogens is 2. The molecule has 0 saturated heterocycles. The Bertz CT molecular complexity index is 804. The third-order valence-electron chi connectivity index (χ3n) is 3.49. The van der Waals surface area contributed by atoms with Crippen LogP contribution in [0.5, 0.6) is 5.75 Å². The van der Waals surface area contributed by atoms with Gasteiger partial charge in [-0.05, 0) is 52.2 Å². The molecule has 0 amide bonds. The highest BCUT2D eigenvalue weighted by Gasteiger charge is 2.14. The second-order valence-electron chi connectivity index (χ2n) is 5.10. The summed E-state index contributed by atoms with van der Waals surface area (Å²) in [5.41, 5.74) is 7.64. The SMILES string of the molecule is COc1ccc(CCNc2nc(N)nc(-c3ccco3)c2Br)cc1. The quantitative estimate of drug-likeness (QED) is 0.668. The summed E-state index contributed by atoms with van der Waals surface area (Å²) >= 11 is 3.52. The average Bonchev–Trinajstić information content (AvgIpc) is 3.12. The fourth-order valence-electron chi connectivity index (χ4n) is 2.28. The molecule has 0 aliphatic carbocycles. The monoisotopic (exact) mass is 388 g/mol. The lowest BCUT2D eigenvalue weighted by Crippen LogP contribution is -2.09. The van der Waals surface area contributed by atoms with Gasteiger partial charge in [0.25, 0.3) is 0 Å². The maximum absolute atomic E-state index is 5.81. The van der Waals surface area contributed by atoms with E-state index in [0.717, 1.165) is 16.6 Å². The van der Waals surface area contributed by atoms with Gasteiger partial charge in [0.05, 0.1) is 17.8 Å². The Morgan fingerprint density at radius 3 is 2.67 bits per heavy atom. The number of anilines is 2. The molecule has 124 valence electrons. The van der Waals surface area contributed by atoms with Gasteiger partial charge in [0.15, 0.2) is 5.76 Å². The van der Waals surface area contributed by atoms with Crippen molar-refractivity contribution in [2.24, 2.45) is 0 Å². The van der Waals surface area contributed by atoms with Crippen molar-refractivity contribution in [3.63, 3.8) is 0 Å². The fourth-order valence-corrected chi connectivity index (χ4v) is 2.79. The van der Waals surface area contributed by atoms with Gasteiger partial charge in [-0.2, -0.15) is 4.98 Å². The van der Waals surface area contributed by atoms with Crippen LogP contribution in [0.4, 0.5) is 11.8 Å². The van der Waals surface area contributed by atoms with E-state index in [1.54, 1.807) is 19.4 Å². The molecule has 2 heterocycles. The first-order valence-electron chi connectivity index (χ1n) is 7.41. The zero-order chi connectivity index (χ0) is 16.9. The molecule has 0 saturated carbocycles. The number of benzene rings is 1. The highest BCUT2D eigenvalue weighted by molar-refractivity contribution is 9.10. The Morgan fingerprint density at radius 2 is 2.00 bits per heavy atom. The van der Waals surface area contributed by atoms with E-state index in [-0.39, 0.29) is 5.95 Å². The zero-order valence-electron chi connectivity index (χ0n) is 13.1. The maximum atomic E-state index is 5.81. The predicted molar refractivity (Wildman–Crippen MR) is 97.0 cm³/mol. The van der Waals surface area contributed by atoms with Gasteiger partial charge in [0.2, 0.25) is 5.95 Å². The number of hydrogen-bond acceptors (Lipinski definition) is 6. The van der Waals surface area contributed by atoms with E-state index in [9.17, 15) is 0 Å². The number of furan rings is 1. The number of nitrogens with zero attached hydrogens (tertiary/aromatic N) is 2. The van der Waals surface area contributed by atoms with Crippen molar-refractivity contribution in [3.05, 3.63) is 52.7 Å². The summed E-state index contributed by atoms with van der Waals surface area (Å²) in [5.74, 6) is 2.31. The van der Waals surface area contributed by atoms with Crippen molar-refractivity contribution in [1.29, 1.82) is 0 Å². The number of rotatable bonds is 6. The van der Waals surface area contributed by atoms with Crippen LogP contribution in [-0.2, 0) is 6.42 Å². The molecule has 0 radical (unpaired) electrons. The van der Waals surface area contributed by atoms with Crippen LogP contribution in [-0.4, -0.2) is 23.6 Å². The number of nitrogens with one attached hydrogen (secondary N) is 1. The van der Waals surface area contributed by atoms with Crippen LogP contribution in [0.25, 0.3) is 11.5 Å². The van der Waals surface area contributed by atoms with Crippen LogP contribution in [0.1, 0.15) is 5.56 Å². The lowest BCUT2D eigenvalue weighted by Gasteiger charge is -2.11. The normalized spacial score (nSPS) is 10.6. The van der Waals surface area contributed by atoms with Crippen molar-refractivity contribution in [2.45, 2.75) is 6.42 Å². The van der Waals surface area contributed by atoms with Crippen LogP contribution >= 0.6 is 15.9 Å². The van der Waals surface area contributed by atoms with E-state index in [1.807, 2.05) is 30.3 Å². The van der Waals surface area contributed by atoms with Crippen LogP contribution in [0, 0.1) is 0 Å². The van der Waals surface area contributed by atoms with Gasteiger partial charge in [-0.15, -0.1) is 0 Å². The van der Waals surface area contributed by atoms with Crippen molar-refractivity contribution in [2.75, 3.05) is 24.7 Å². The van der Waals surface area contributed by atoms with Gasteiger partial charge >= 0.3 is 0 Å². The third-order valence-corrected chi connectivity index (χ3v) is 4.24. The molecule has 3 rings (SSSR count). The van der Waals surface area contributed by atoms with E-state index in [0.29, 0.717) is 23.8 Å². The molecule has 0 atom stereocenters. The molecule has 0 aliphatic rings. The Labute approximate surface area is 148 Å². The zero-order valence-corrected chi connectivity index (χ0v) is 14.7. The van der Waals surface area contributed by atoms with Crippen LogP contribution < -0.4 is 15.8 Å². The van der Waals surface area contributed by atoms with Gasteiger partial charge < -0.3 is 20.2 Å². The molecule has 0 fully saturated rings. The minimum absolute atomic E-state index is 0.191. The topological polar surface area (TPSA) is 86.2 Å². The Morgan fingerprint density at radius 1 is 1.21 bits per heavy atom. The molecule has 0 unspecified atom stereocenters. The van der Waals surface area contributed by atoms with Crippen LogP contribution in [0.2, 0.25) is 0 Å². The lowest BCUT2D eigenvalue weighted by atomic mass is 10.1. The molecule has 7 heteroatoms. The molecule has 0 aliphatic heterocycles. The smallest absolute Gasteiger partial charge is 0.222 e. The molecule has 3 aromatic rings. The summed E-state index contributed by atoms with van der Waals surface area (Å²) < 4.78 is 11.3. The molecule has 0 spiro atoms. The van der Waals surface area contributed by atoms with Gasteiger partial charge in [-0.1, -0.05) is 12.1 Å². The summed E-state index contributed by atoms with van der Waals surface area (Å²) in [6, 6.07) is 11.6. The first kappa shape index (κ1) is 16.3. The molecule has 6 nitrogen and oxygen atoms in total. The first-order chi connectivity index (χ1) is 11.7. The van der Waals surface area contributed by atoms with Crippen molar-refractivity contribution in [1.82, 2.24) is 9.97 Å². The van der Waals surface area contributed by atoms with E-state index < -0.39 is 0 Å². The van der Waals surface area contributed by atoms with E-state index in [1.165, 1.54) is 5.56 Å². The highest BCUT2D eigenvalue weighted by atomic mass is 79.9.